The van der Waals surface area contributed by atoms with Crippen LogP contribution in [0.2, 0.25) is 0 Å². The Morgan fingerprint density at radius 3 is 2.40 bits per heavy atom. The third-order valence-electron chi connectivity index (χ3n) is 2.47. The van der Waals surface area contributed by atoms with E-state index >= 15 is 0 Å². The number of carboxylic acid groups (broad SMARTS) is 1. The molecule has 0 amide bonds. The van der Waals surface area contributed by atoms with Crippen LogP contribution in [0.4, 0.5) is 10.7 Å². The third-order valence-corrected chi connectivity index (χ3v) is 5.33. The van der Waals surface area contributed by atoms with Gasteiger partial charge in [-0.25, -0.2) is 13.2 Å². The fraction of sp³-hybridized carbons (Fsp3) is 0.500. The van der Waals surface area contributed by atoms with Crippen molar-refractivity contribution >= 4 is 37.8 Å². The Morgan fingerprint density at radius 2 is 2.05 bits per heavy atom. The predicted molar refractivity (Wildman–Crippen MR) is 74.0 cm³/mol. The summed E-state index contributed by atoms with van der Waals surface area (Å²) >= 11 is 0.654. The van der Waals surface area contributed by atoms with E-state index in [1.165, 1.54) is 0 Å². The molecule has 0 saturated heterocycles. The minimum Gasteiger partial charge on any atom is -0.480 e. The Morgan fingerprint density at radius 1 is 1.50 bits per heavy atom. The van der Waals surface area contributed by atoms with E-state index < -0.39 is 32.5 Å². The zero-order valence-electron chi connectivity index (χ0n) is 11.0. The Kier molecular flexibility index (Phi) is 4.71. The van der Waals surface area contributed by atoms with Gasteiger partial charge in [0.05, 0.1) is 4.92 Å². The molecule has 8 nitrogen and oxygen atoms in total. The number of nitrogens with one attached hydrogen (secondary N) is 1. The molecule has 0 fully saturated rings. The minimum atomic E-state index is -3.59. The molecule has 0 radical (unpaired) electrons. The number of nitrogens with zero attached hydrogens (tertiary/aromatic N) is 1. The van der Waals surface area contributed by atoms with Gasteiger partial charge in [0.1, 0.15) is 10.3 Å². The maximum absolute atomic E-state index is 11.4. The van der Waals surface area contributed by atoms with E-state index in [4.69, 9.17) is 5.11 Å². The lowest BCUT2D eigenvalue weighted by atomic mass is 10.1. The van der Waals surface area contributed by atoms with Crippen molar-refractivity contribution in [2.75, 3.05) is 11.6 Å². The van der Waals surface area contributed by atoms with Gasteiger partial charge in [-0.15, -0.1) is 0 Å². The molecule has 0 aliphatic rings. The smallest absolute Gasteiger partial charge is 0.326 e. The van der Waals surface area contributed by atoms with Gasteiger partial charge in [0.25, 0.3) is 0 Å². The number of carbonyl (C=O) groups is 1. The lowest BCUT2D eigenvalue weighted by molar-refractivity contribution is -0.383. The van der Waals surface area contributed by atoms with Crippen molar-refractivity contribution in [3.05, 3.63) is 16.2 Å². The van der Waals surface area contributed by atoms with E-state index in [1.807, 2.05) is 0 Å². The van der Waals surface area contributed by atoms with Gasteiger partial charge >= 0.3 is 11.7 Å². The molecule has 1 aromatic rings. The maximum Gasteiger partial charge on any atom is 0.326 e. The third kappa shape index (κ3) is 3.67. The van der Waals surface area contributed by atoms with Gasteiger partial charge in [-0.2, -0.15) is 0 Å². The van der Waals surface area contributed by atoms with Gasteiger partial charge in [-0.3, -0.25) is 10.1 Å². The summed E-state index contributed by atoms with van der Waals surface area (Å²) in [5.41, 5.74) is -0.442. The summed E-state index contributed by atoms with van der Waals surface area (Å²) in [5.74, 6) is -1.49. The number of rotatable bonds is 6. The van der Waals surface area contributed by atoms with Gasteiger partial charge < -0.3 is 10.4 Å². The molecule has 112 valence electrons. The van der Waals surface area contributed by atoms with E-state index in [2.05, 4.69) is 5.32 Å². The van der Waals surface area contributed by atoms with Crippen molar-refractivity contribution in [3.8, 4) is 0 Å². The highest BCUT2D eigenvalue weighted by Gasteiger charge is 2.29. The molecule has 0 bridgehead atoms. The highest BCUT2D eigenvalue weighted by Crippen LogP contribution is 2.37. The average Bonchev–Trinajstić information content (AvgIpc) is 2.68. The average molecular weight is 322 g/mol. The van der Waals surface area contributed by atoms with Crippen molar-refractivity contribution < 1.29 is 23.2 Å². The largest absolute Gasteiger partial charge is 0.480 e. The number of nitro groups is 1. The van der Waals surface area contributed by atoms with Crippen molar-refractivity contribution in [3.63, 3.8) is 0 Å². The summed E-state index contributed by atoms with van der Waals surface area (Å²) in [6, 6.07) is -0.110. The maximum atomic E-state index is 11.4. The molecule has 20 heavy (non-hydrogen) atoms. The molecule has 0 unspecified atom stereocenters. The molecule has 1 aromatic heterocycles. The first-order chi connectivity index (χ1) is 9.04. The molecule has 0 spiro atoms. The number of hydrogen-bond donors (Lipinski definition) is 2. The quantitative estimate of drug-likeness (QED) is 0.601. The van der Waals surface area contributed by atoms with Crippen LogP contribution in [0.1, 0.15) is 13.8 Å². The van der Waals surface area contributed by atoms with Gasteiger partial charge in [0.15, 0.2) is 14.8 Å². The van der Waals surface area contributed by atoms with Crippen LogP contribution in [-0.4, -0.2) is 36.7 Å². The topological polar surface area (TPSA) is 127 Å². The Balaban J connectivity index is 3.26. The van der Waals surface area contributed by atoms with E-state index in [0.29, 0.717) is 11.3 Å². The first kappa shape index (κ1) is 16.4. The molecule has 1 atom stereocenters. The first-order valence-corrected chi connectivity index (χ1v) is 8.22. The number of carboxylic acids is 1. The molecule has 0 aliphatic carbocycles. The lowest BCUT2D eigenvalue weighted by Crippen LogP contribution is -2.34. The monoisotopic (exact) mass is 322 g/mol. The molecule has 0 aromatic carbocycles. The summed E-state index contributed by atoms with van der Waals surface area (Å²) in [5, 5.41) is 22.4. The zero-order valence-corrected chi connectivity index (χ0v) is 12.6. The van der Waals surface area contributed by atoms with Crippen molar-refractivity contribution in [2.24, 2.45) is 5.92 Å². The lowest BCUT2D eigenvalue weighted by Gasteiger charge is -2.17. The summed E-state index contributed by atoms with van der Waals surface area (Å²) in [7, 11) is -3.59. The van der Waals surface area contributed by atoms with Crippen molar-refractivity contribution in [1.29, 1.82) is 0 Å². The fourth-order valence-corrected chi connectivity index (χ4v) is 3.41. The van der Waals surface area contributed by atoms with Crippen LogP contribution >= 0.6 is 11.3 Å². The molecule has 1 rings (SSSR count). The van der Waals surface area contributed by atoms with Gasteiger partial charge in [0.2, 0.25) is 0 Å². The summed E-state index contributed by atoms with van der Waals surface area (Å²) in [6.45, 7) is 3.28. The van der Waals surface area contributed by atoms with Crippen LogP contribution in [-0.2, 0) is 14.6 Å². The fourth-order valence-electron chi connectivity index (χ4n) is 1.44. The summed E-state index contributed by atoms with van der Waals surface area (Å²) in [6.07, 6.45) is 0.934. The number of sulfone groups is 1. The number of anilines is 1. The van der Waals surface area contributed by atoms with E-state index in [0.717, 1.165) is 12.3 Å². The molecular weight excluding hydrogens is 308 g/mol. The highest BCUT2D eigenvalue weighted by molar-refractivity contribution is 7.92. The molecule has 2 N–H and O–H groups in total. The predicted octanol–water partition coefficient (Wildman–Crippen LogP) is 1.58. The number of thiophene rings is 1. The first-order valence-electron chi connectivity index (χ1n) is 5.51. The second-order valence-corrected chi connectivity index (χ2v) is 7.81. The van der Waals surface area contributed by atoms with Gasteiger partial charge in [-0.1, -0.05) is 25.2 Å². The molecule has 0 saturated carbocycles. The van der Waals surface area contributed by atoms with Crippen LogP contribution in [0, 0.1) is 16.0 Å². The Bertz CT molecular complexity index is 634. The Hall–Kier alpha value is -1.68. The van der Waals surface area contributed by atoms with E-state index in [-0.39, 0.29) is 15.1 Å². The standard InChI is InChI=1S/C10H14N2O6S2/c1-5(2)8(10(13)14)11-9-6(12(15)16)4-7(19-9)20(3,17)18/h4-5,8,11H,1-3H3,(H,13,14)/t8-/m1/s1. The number of hydrogen-bond acceptors (Lipinski definition) is 7. The van der Waals surface area contributed by atoms with Crippen molar-refractivity contribution in [2.45, 2.75) is 24.1 Å². The van der Waals surface area contributed by atoms with Crippen LogP contribution in [0.15, 0.2) is 10.3 Å². The molecular formula is C10H14N2O6S2. The van der Waals surface area contributed by atoms with E-state index in [9.17, 15) is 23.3 Å². The second kappa shape index (κ2) is 5.75. The SMILES string of the molecule is CC(C)[C@@H](Nc1sc(S(C)(=O)=O)cc1[N+](=O)[O-])C(=O)O. The van der Waals surface area contributed by atoms with Crippen molar-refractivity contribution in [1.82, 2.24) is 0 Å². The van der Waals surface area contributed by atoms with Gasteiger partial charge in [-0.05, 0) is 5.92 Å². The molecule has 10 heteroatoms. The van der Waals surface area contributed by atoms with Crippen LogP contribution < -0.4 is 5.32 Å². The van der Waals surface area contributed by atoms with Crippen LogP contribution in [0.5, 0.6) is 0 Å². The summed E-state index contributed by atoms with van der Waals surface area (Å²) < 4.78 is 22.7. The number of aliphatic carboxylic acids is 1. The molecule has 1 heterocycles. The van der Waals surface area contributed by atoms with Crippen LogP contribution in [0.3, 0.4) is 0 Å². The normalized spacial score (nSPS) is 13.2. The van der Waals surface area contributed by atoms with Crippen LogP contribution in [0.25, 0.3) is 0 Å². The van der Waals surface area contributed by atoms with Gasteiger partial charge in [0, 0.05) is 12.3 Å². The minimum absolute atomic E-state index is 0.0727. The zero-order chi connectivity index (χ0) is 15.7. The highest BCUT2D eigenvalue weighted by atomic mass is 32.2. The second-order valence-electron chi connectivity index (χ2n) is 4.51. The molecule has 0 aliphatic heterocycles. The summed E-state index contributed by atoms with van der Waals surface area (Å²) in [4.78, 5) is 21.3. The Labute approximate surface area is 119 Å². The van der Waals surface area contributed by atoms with E-state index in [1.54, 1.807) is 13.8 Å².